The van der Waals surface area contributed by atoms with Crippen LogP contribution in [0.3, 0.4) is 0 Å². The fraction of sp³-hybridized carbons (Fsp3) is 0.250. The molecular weight excluding hydrogens is 538 g/mol. The van der Waals surface area contributed by atoms with Gasteiger partial charge < -0.3 is 20.3 Å². The second kappa shape index (κ2) is 15.9. The van der Waals surface area contributed by atoms with Crippen LogP contribution in [0.1, 0.15) is 54.0 Å². The average molecular weight is 578 g/mol. The van der Waals surface area contributed by atoms with Crippen LogP contribution in [-0.2, 0) is 20.9 Å². The molecule has 0 saturated heterocycles. The average Bonchev–Trinajstić information content (AvgIpc) is 3.06. The first-order valence-corrected chi connectivity index (χ1v) is 14.6. The molecule has 0 bridgehead atoms. The van der Waals surface area contributed by atoms with E-state index >= 15 is 0 Å². The monoisotopic (exact) mass is 577 g/mol. The van der Waals surface area contributed by atoms with Crippen molar-refractivity contribution in [2.24, 2.45) is 0 Å². The molecule has 3 amide bonds. The van der Waals surface area contributed by atoms with Crippen molar-refractivity contribution in [2.45, 2.75) is 44.4 Å². The van der Waals surface area contributed by atoms with Gasteiger partial charge in [-0.05, 0) is 42.0 Å². The number of hydrogen-bond donors (Lipinski definition) is 2. The number of carbonyl (C=O) groups excluding carboxylic acids is 3. The van der Waals surface area contributed by atoms with Crippen LogP contribution in [0.15, 0.2) is 121 Å². The SMILES string of the molecule is C[C@H](c1ccccc1)N(C)C(=O)[C@H](CCCNC(=O)OCc1ccccc1)NC(=O)C(c1ccccc1)c1ccccc1. The van der Waals surface area contributed by atoms with Gasteiger partial charge in [-0.15, -0.1) is 0 Å². The van der Waals surface area contributed by atoms with Gasteiger partial charge in [0.05, 0.1) is 12.0 Å². The van der Waals surface area contributed by atoms with Crippen molar-refractivity contribution >= 4 is 17.9 Å². The molecule has 43 heavy (non-hydrogen) atoms. The maximum Gasteiger partial charge on any atom is 0.407 e. The van der Waals surface area contributed by atoms with Gasteiger partial charge in [-0.1, -0.05) is 121 Å². The third-order valence-electron chi connectivity index (χ3n) is 7.50. The topological polar surface area (TPSA) is 87.7 Å². The van der Waals surface area contributed by atoms with Gasteiger partial charge in [0.15, 0.2) is 0 Å². The number of carbonyl (C=O) groups is 3. The smallest absolute Gasteiger partial charge is 0.407 e. The lowest BCUT2D eigenvalue weighted by atomic mass is 9.90. The Labute approximate surface area is 253 Å². The Kier molecular flexibility index (Phi) is 11.5. The molecule has 4 aromatic rings. The van der Waals surface area contributed by atoms with Crippen molar-refractivity contribution in [1.82, 2.24) is 15.5 Å². The van der Waals surface area contributed by atoms with Gasteiger partial charge in [0.1, 0.15) is 12.6 Å². The third kappa shape index (κ3) is 9.04. The van der Waals surface area contributed by atoms with Crippen molar-refractivity contribution in [3.8, 4) is 0 Å². The lowest BCUT2D eigenvalue weighted by molar-refractivity contribution is -0.137. The molecule has 0 unspecified atom stereocenters. The Morgan fingerprint density at radius 3 is 1.74 bits per heavy atom. The molecule has 0 aliphatic carbocycles. The molecule has 7 heteroatoms. The fourth-order valence-electron chi connectivity index (χ4n) is 4.96. The normalized spacial score (nSPS) is 12.2. The fourth-order valence-corrected chi connectivity index (χ4v) is 4.96. The Bertz CT molecular complexity index is 1390. The predicted octanol–water partition coefficient (Wildman–Crippen LogP) is 6.23. The van der Waals surface area contributed by atoms with Gasteiger partial charge in [0, 0.05) is 13.6 Å². The minimum atomic E-state index is -0.791. The van der Waals surface area contributed by atoms with E-state index in [9.17, 15) is 14.4 Å². The highest BCUT2D eigenvalue weighted by Crippen LogP contribution is 2.26. The van der Waals surface area contributed by atoms with Gasteiger partial charge in [-0.25, -0.2) is 4.79 Å². The summed E-state index contributed by atoms with van der Waals surface area (Å²) in [7, 11) is 1.75. The summed E-state index contributed by atoms with van der Waals surface area (Å²) in [6.07, 6.45) is 0.274. The number of ether oxygens (including phenoxy) is 1. The number of benzene rings is 4. The molecule has 0 heterocycles. The summed E-state index contributed by atoms with van der Waals surface area (Å²) in [5, 5.41) is 5.82. The van der Waals surface area contributed by atoms with E-state index in [0.29, 0.717) is 19.4 Å². The molecule has 4 aromatic carbocycles. The number of likely N-dealkylation sites (N-methyl/N-ethyl adjacent to an activating group) is 1. The Balaban J connectivity index is 1.45. The summed E-state index contributed by atoms with van der Waals surface area (Å²) in [5.41, 5.74) is 3.57. The van der Waals surface area contributed by atoms with E-state index in [1.807, 2.05) is 128 Å². The van der Waals surface area contributed by atoms with Crippen molar-refractivity contribution in [3.05, 3.63) is 144 Å². The van der Waals surface area contributed by atoms with Crippen LogP contribution in [0.4, 0.5) is 4.79 Å². The van der Waals surface area contributed by atoms with Crippen LogP contribution in [0, 0.1) is 0 Å². The molecule has 2 N–H and O–H groups in total. The summed E-state index contributed by atoms with van der Waals surface area (Å²) >= 11 is 0. The Hall–Kier alpha value is -4.91. The highest BCUT2D eigenvalue weighted by molar-refractivity contribution is 5.92. The summed E-state index contributed by atoms with van der Waals surface area (Å²) in [6.45, 7) is 2.44. The molecule has 222 valence electrons. The maximum absolute atomic E-state index is 13.9. The van der Waals surface area contributed by atoms with Crippen LogP contribution >= 0.6 is 0 Å². The van der Waals surface area contributed by atoms with Crippen LogP contribution in [0.2, 0.25) is 0 Å². The van der Waals surface area contributed by atoms with E-state index < -0.39 is 18.1 Å². The predicted molar refractivity (Wildman–Crippen MR) is 168 cm³/mol. The zero-order valence-electron chi connectivity index (χ0n) is 24.7. The van der Waals surface area contributed by atoms with Crippen LogP contribution in [0.5, 0.6) is 0 Å². The zero-order valence-corrected chi connectivity index (χ0v) is 24.7. The molecule has 0 saturated carbocycles. The molecule has 4 rings (SSSR count). The van der Waals surface area contributed by atoms with Crippen molar-refractivity contribution in [2.75, 3.05) is 13.6 Å². The standard InChI is InChI=1S/C36H39N3O4/c1-27(29-18-9-4-10-19-29)39(2)35(41)32(24-15-25-37-36(42)43-26-28-16-7-3-8-17-28)38-34(40)33(30-20-11-5-12-21-30)31-22-13-6-14-23-31/h3-14,16-23,27,32-33H,15,24-26H2,1-2H3,(H,37,42)(H,38,40)/t27-,32+/m1/s1. The van der Waals surface area contributed by atoms with Gasteiger partial charge in [0.25, 0.3) is 0 Å². The quantitative estimate of drug-likeness (QED) is 0.185. The summed E-state index contributed by atoms with van der Waals surface area (Å²) in [5.74, 6) is -1.04. The van der Waals surface area contributed by atoms with Crippen molar-refractivity contribution < 1.29 is 19.1 Å². The first kappa shape index (κ1) is 31.0. The number of amides is 3. The lowest BCUT2D eigenvalue weighted by Crippen LogP contribution is -2.49. The van der Waals surface area contributed by atoms with Crippen molar-refractivity contribution in [3.63, 3.8) is 0 Å². The van der Waals surface area contributed by atoms with E-state index in [1.54, 1.807) is 11.9 Å². The zero-order chi connectivity index (χ0) is 30.4. The van der Waals surface area contributed by atoms with Crippen LogP contribution in [-0.4, -0.2) is 42.4 Å². The number of nitrogens with one attached hydrogen (secondary N) is 2. The third-order valence-corrected chi connectivity index (χ3v) is 7.50. The van der Waals surface area contributed by atoms with E-state index in [-0.39, 0.29) is 24.5 Å². The number of alkyl carbamates (subject to hydrolysis) is 1. The molecule has 2 atom stereocenters. The van der Waals surface area contributed by atoms with Crippen LogP contribution in [0.25, 0.3) is 0 Å². The Morgan fingerprint density at radius 2 is 1.21 bits per heavy atom. The number of rotatable bonds is 13. The summed E-state index contributed by atoms with van der Waals surface area (Å²) in [4.78, 5) is 41.7. The molecule has 0 spiro atoms. The summed E-state index contributed by atoms with van der Waals surface area (Å²) < 4.78 is 5.30. The van der Waals surface area contributed by atoms with Crippen molar-refractivity contribution in [1.29, 1.82) is 0 Å². The Morgan fingerprint density at radius 1 is 0.721 bits per heavy atom. The molecule has 0 aliphatic heterocycles. The lowest BCUT2D eigenvalue weighted by Gasteiger charge is -2.31. The highest BCUT2D eigenvalue weighted by Gasteiger charge is 2.30. The van der Waals surface area contributed by atoms with E-state index in [2.05, 4.69) is 10.6 Å². The second-order valence-electron chi connectivity index (χ2n) is 10.5. The largest absolute Gasteiger partial charge is 0.445 e. The summed E-state index contributed by atoms with van der Waals surface area (Å²) in [6, 6.07) is 37.3. The van der Waals surface area contributed by atoms with Gasteiger partial charge >= 0.3 is 6.09 Å². The minimum absolute atomic E-state index is 0.173. The van der Waals surface area contributed by atoms with Gasteiger partial charge in [-0.2, -0.15) is 0 Å². The first-order chi connectivity index (χ1) is 20.9. The molecule has 7 nitrogen and oxygen atoms in total. The van der Waals surface area contributed by atoms with E-state index in [1.165, 1.54) is 0 Å². The van der Waals surface area contributed by atoms with Crippen LogP contribution < -0.4 is 10.6 Å². The number of hydrogen-bond acceptors (Lipinski definition) is 4. The van der Waals surface area contributed by atoms with Gasteiger partial charge in [0.2, 0.25) is 11.8 Å². The maximum atomic E-state index is 13.9. The molecular formula is C36H39N3O4. The van der Waals surface area contributed by atoms with Gasteiger partial charge in [-0.3, -0.25) is 9.59 Å². The van der Waals surface area contributed by atoms with E-state index in [0.717, 1.165) is 22.3 Å². The highest BCUT2D eigenvalue weighted by atomic mass is 16.5. The minimum Gasteiger partial charge on any atom is -0.445 e. The first-order valence-electron chi connectivity index (χ1n) is 14.6. The second-order valence-corrected chi connectivity index (χ2v) is 10.5. The molecule has 0 radical (unpaired) electrons. The van der Waals surface area contributed by atoms with E-state index in [4.69, 9.17) is 4.74 Å². The number of nitrogens with zero attached hydrogens (tertiary/aromatic N) is 1. The molecule has 0 aliphatic rings. The molecule has 0 fully saturated rings. The molecule has 0 aromatic heterocycles.